The highest BCUT2D eigenvalue weighted by Crippen LogP contribution is 2.26. The summed E-state index contributed by atoms with van der Waals surface area (Å²) < 4.78 is 12.0. The van der Waals surface area contributed by atoms with Crippen molar-refractivity contribution in [2.45, 2.75) is 13.0 Å². The minimum Gasteiger partial charge on any atom is -0.465 e. The van der Waals surface area contributed by atoms with Crippen molar-refractivity contribution in [1.29, 1.82) is 0 Å². The van der Waals surface area contributed by atoms with E-state index in [2.05, 4.69) is 21.2 Å². The fraction of sp³-hybridized carbons (Fsp3) is 0.462. The van der Waals surface area contributed by atoms with Crippen LogP contribution in [0.2, 0.25) is 0 Å². The summed E-state index contributed by atoms with van der Waals surface area (Å²) in [5.41, 5.74) is 2.16. The van der Waals surface area contributed by atoms with Crippen molar-refractivity contribution >= 4 is 34.1 Å². The molecule has 0 heterocycles. The Balaban J connectivity index is 2.53. The maximum absolute atomic E-state index is 10.3. The number of carboxylic acid groups (broad SMARTS) is 1. The summed E-state index contributed by atoms with van der Waals surface area (Å²) in [5, 5.41) is 10.7. The van der Waals surface area contributed by atoms with Gasteiger partial charge in [0.25, 0.3) is 0 Å². The normalized spacial score (nSPS) is 12.2. The van der Waals surface area contributed by atoms with Gasteiger partial charge in [-0.05, 0) is 42.2 Å². The van der Waals surface area contributed by atoms with Gasteiger partial charge in [-0.25, -0.2) is 4.79 Å². The number of benzene rings is 1. The van der Waals surface area contributed by atoms with Crippen LogP contribution in [-0.2, 0) is 8.92 Å². The lowest BCUT2D eigenvalue weighted by Crippen LogP contribution is -2.26. The third kappa shape index (κ3) is 6.60. The number of aryl methyl sites for hydroxylation is 1. The number of rotatable bonds is 8. The highest BCUT2D eigenvalue weighted by atomic mass is 79.9. The molecule has 1 aromatic rings. The van der Waals surface area contributed by atoms with Crippen LogP contribution < -0.4 is 5.32 Å². The van der Waals surface area contributed by atoms with Crippen LogP contribution in [0, 0.1) is 6.92 Å². The molecule has 5 nitrogen and oxygen atoms in total. The van der Waals surface area contributed by atoms with Gasteiger partial charge in [-0.3, -0.25) is 0 Å². The molecule has 0 radical (unpaired) electrons. The van der Waals surface area contributed by atoms with E-state index in [1.54, 1.807) is 0 Å². The summed E-state index contributed by atoms with van der Waals surface area (Å²) >= 11 is 4.74. The standard InChI is InChI=1S/C13H18BrNO4S/c1-9-5-10(7-11(14)6-9)12(19-20-2)8-18-4-3-15-13(16)17/h5-7,12,15H,3-4,8H2,1-2H3,(H,16,17). The molecule has 1 rings (SSSR count). The molecule has 0 aliphatic heterocycles. The molecule has 0 saturated carbocycles. The van der Waals surface area contributed by atoms with Crippen LogP contribution in [0.5, 0.6) is 0 Å². The van der Waals surface area contributed by atoms with Crippen molar-refractivity contribution in [1.82, 2.24) is 5.32 Å². The number of hydrogen-bond donors (Lipinski definition) is 2. The Morgan fingerprint density at radius 3 is 2.85 bits per heavy atom. The Labute approximate surface area is 131 Å². The molecule has 112 valence electrons. The predicted octanol–water partition coefficient (Wildman–Crippen LogP) is 3.38. The quantitative estimate of drug-likeness (QED) is 0.547. The van der Waals surface area contributed by atoms with Crippen LogP contribution in [0.15, 0.2) is 22.7 Å². The zero-order valence-electron chi connectivity index (χ0n) is 11.4. The van der Waals surface area contributed by atoms with Crippen LogP contribution in [0.1, 0.15) is 17.2 Å². The second kappa shape index (κ2) is 9.23. The Bertz CT molecular complexity index is 424. The fourth-order valence-electron chi connectivity index (χ4n) is 1.67. The van der Waals surface area contributed by atoms with E-state index in [1.807, 2.05) is 31.4 Å². The van der Waals surface area contributed by atoms with Crippen molar-refractivity contribution in [3.63, 3.8) is 0 Å². The third-order valence-corrected chi connectivity index (χ3v) is 3.32. The number of hydrogen-bond acceptors (Lipinski definition) is 4. The fourth-order valence-corrected chi connectivity index (χ4v) is 2.69. The summed E-state index contributed by atoms with van der Waals surface area (Å²) in [5.74, 6) is 0. The second-order valence-electron chi connectivity index (χ2n) is 4.12. The van der Waals surface area contributed by atoms with Crippen molar-refractivity contribution in [3.8, 4) is 0 Å². The van der Waals surface area contributed by atoms with Crippen molar-refractivity contribution in [2.75, 3.05) is 26.0 Å². The molecule has 20 heavy (non-hydrogen) atoms. The monoisotopic (exact) mass is 363 g/mol. The van der Waals surface area contributed by atoms with Gasteiger partial charge in [0, 0.05) is 17.3 Å². The second-order valence-corrected chi connectivity index (χ2v) is 5.56. The predicted molar refractivity (Wildman–Crippen MR) is 83.1 cm³/mol. The minimum absolute atomic E-state index is 0.189. The van der Waals surface area contributed by atoms with Gasteiger partial charge in [0.05, 0.1) is 13.2 Å². The molecule has 1 aromatic carbocycles. The van der Waals surface area contributed by atoms with Gasteiger partial charge in [-0.1, -0.05) is 22.0 Å². The van der Waals surface area contributed by atoms with E-state index in [0.717, 1.165) is 15.6 Å². The van der Waals surface area contributed by atoms with E-state index in [1.165, 1.54) is 12.0 Å². The molecule has 1 atom stereocenters. The molecule has 0 fully saturated rings. The topological polar surface area (TPSA) is 67.8 Å². The average molecular weight is 364 g/mol. The van der Waals surface area contributed by atoms with Crippen molar-refractivity contribution in [3.05, 3.63) is 33.8 Å². The number of nitrogens with one attached hydrogen (secondary N) is 1. The Morgan fingerprint density at radius 1 is 1.50 bits per heavy atom. The van der Waals surface area contributed by atoms with E-state index < -0.39 is 6.09 Å². The number of carbonyl (C=O) groups is 1. The first-order valence-electron chi connectivity index (χ1n) is 6.04. The van der Waals surface area contributed by atoms with E-state index in [0.29, 0.717) is 13.2 Å². The molecular formula is C13H18BrNO4S. The van der Waals surface area contributed by atoms with E-state index in [9.17, 15) is 4.79 Å². The lowest BCUT2D eigenvalue weighted by atomic mass is 10.1. The summed E-state index contributed by atoms with van der Waals surface area (Å²) in [6, 6.07) is 6.06. The molecule has 0 saturated heterocycles. The first kappa shape index (κ1) is 17.3. The minimum atomic E-state index is -1.05. The summed E-state index contributed by atoms with van der Waals surface area (Å²) in [6.07, 6.45) is 0.614. The first-order chi connectivity index (χ1) is 9.52. The van der Waals surface area contributed by atoms with Crippen molar-refractivity contribution in [2.24, 2.45) is 0 Å². The summed E-state index contributed by atoms with van der Waals surface area (Å²) in [6.45, 7) is 2.96. The van der Waals surface area contributed by atoms with Gasteiger partial charge >= 0.3 is 6.09 Å². The molecule has 2 N–H and O–H groups in total. The smallest absolute Gasteiger partial charge is 0.404 e. The lowest BCUT2D eigenvalue weighted by Gasteiger charge is -2.17. The zero-order valence-corrected chi connectivity index (χ0v) is 13.8. The summed E-state index contributed by atoms with van der Waals surface area (Å²) in [4.78, 5) is 10.3. The van der Waals surface area contributed by atoms with Crippen LogP contribution >= 0.6 is 28.0 Å². The van der Waals surface area contributed by atoms with Crippen LogP contribution in [0.25, 0.3) is 0 Å². The number of halogens is 1. The molecule has 7 heteroatoms. The van der Waals surface area contributed by atoms with Crippen LogP contribution in [-0.4, -0.2) is 37.2 Å². The molecule has 0 aliphatic carbocycles. The maximum Gasteiger partial charge on any atom is 0.404 e. The zero-order chi connectivity index (χ0) is 15.0. The highest BCUT2D eigenvalue weighted by Gasteiger charge is 2.13. The maximum atomic E-state index is 10.3. The molecule has 0 bridgehead atoms. The average Bonchev–Trinajstić information content (AvgIpc) is 2.35. The van der Waals surface area contributed by atoms with Gasteiger partial charge in [-0.2, -0.15) is 0 Å². The SMILES string of the molecule is CSOC(COCCNC(=O)O)c1cc(C)cc(Br)c1. The van der Waals surface area contributed by atoms with Gasteiger partial charge in [0.2, 0.25) is 0 Å². The lowest BCUT2D eigenvalue weighted by molar-refractivity contribution is 0.0614. The van der Waals surface area contributed by atoms with Crippen molar-refractivity contribution < 1.29 is 18.8 Å². The highest BCUT2D eigenvalue weighted by molar-refractivity contribution is 9.10. The van der Waals surface area contributed by atoms with Crippen LogP contribution in [0.3, 0.4) is 0 Å². The molecule has 1 amide bonds. The largest absolute Gasteiger partial charge is 0.465 e. The van der Waals surface area contributed by atoms with E-state index in [-0.39, 0.29) is 12.6 Å². The molecular weight excluding hydrogens is 346 g/mol. The van der Waals surface area contributed by atoms with Gasteiger partial charge in [0.1, 0.15) is 6.10 Å². The van der Waals surface area contributed by atoms with Gasteiger partial charge < -0.3 is 19.3 Å². The molecule has 0 aliphatic rings. The first-order valence-corrected chi connectivity index (χ1v) is 7.98. The third-order valence-electron chi connectivity index (χ3n) is 2.44. The van der Waals surface area contributed by atoms with Crippen LogP contribution in [0.4, 0.5) is 4.79 Å². The molecule has 1 unspecified atom stereocenters. The molecule has 0 aromatic heterocycles. The number of amides is 1. The Morgan fingerprint density at radius 2 is 2.25 bits per heavy atom. The Hall–Kier alpha value is -0.760. The van der Waals surface area contributed by atoms with E-state index >= 15 is 0 Å². The summed E-state index contributed by atoms with van der Waals surface area (Å²) in [7, 11) is 0. The van der Waals surface area contributed by atoms with Gasteiger partial charge in [-0.15, -0.1) is 0 Å². The molecule has 0 spiro atoms. The van der Waals surface area contributed by atoms with Gasteiger partial charge in [0.15, 0.2) is 0 Å². The number of ether oxygens (including phenoxy) is 1. The Kier molecular flexibility index (Phi) is 7.98. The van der Waals surface area contributed by atoms with E-state index in [4.69, 9.17) is 14.0 Å².